The van der Waals surface area contributed by atoms with Gasteiger partial charge in [-0.2, -0.15) is 0 Å². The molecule has 0 amide bonds. The Hall–Kier alpha value is -1.63. The molecule has 0 saturated heterocycles. The lowest BCUT2D eigenvalue weighted by Crippen LogP contribution is -2.56. The summed E-state index contributed by atoms with van der Waals surface area (Å²) in [7, 11) is 4.56. The highest BCUT2D eigenvalue weighted by molar-refractivity contribution is 6.31. The second kappa shape index (κ2) is 23.7. The molecular weight excluding hydrogens is 566 g/mol. The van der Waals surface area contributed by atoms with E-state index < -0.39 is 0 Å². The van der Waals surface area contributed by atoms with Gasteiger partial charge in [-0.25, -0.2) is 4.99 Å². The van der Waals surface area contributed by atoms with Crippen LogP contribution in [0.15, 0.2) is 39.8 Å². The standard InChI is InChI=1S/C33H61ClN5O.C4H8/c1-8-11-13-18-31(16-10-3)39(7)24-14-17-30(26-39)37-29(5)36-25-32(34)33(19-12-9-2)35-21-15-22-38(6)23-20-28(4)27-40;1-4-2-3-4/h17,19,25,27-28,31,35H,8-16,18,20-24,26H2,1-7H3,(H,36,37);4H,2-3H2,1H3/q+1;/b32-25+,33-19-;. The molecule has 2 rings (SSSR count). The number of hydrogen-bond acceptors (Lipinski definition) is 4. The molecule has 3 unspecified atom stereocenters. The Morgan fingerprint density at radius 2 is 1.84 bits per heavy atom. The van der Waals surface area contributed by atoms with Crippen molar-refractivity contribution in [1.82, 2.24) is 15.5 Å². The van der Waals surface area contributed by atoms with Crippen LogP contribution in [0.25, 0.3) is 0 Å². The number of nitrogens with zero attached hydrogens (tertiary/aromatic N) is 3. The monoisotopic (exact) mass is 635 g/mol. The average molecular weight is 635 g/mol. The third-order valence-corrected chi connectivity index (χ3v) is 9.21. The number of amidine groups is 1. The molecule has 3 atom stereocenters. The summed E-state index contributed by atoms with van der Waals surface area (Å²) in [5.74, 6) is 2.08. The molecule has 1 saturated carbocycles. The number of likely N-dealkylation sites (N-methyl/N-ethyl adjacent to an activating group) is 1. The van der Waals surface area contributed by atoms with Gasteiger partial charge in [-0.15, -0.1) is 0 Å². The molecule has 0 aromatic heterocycles. The molecule has 6 nitrogen and oxygen atoms in total. The van der Waals surface area contributed by atoms with E-state index in [4.69, 9.17) is 11.6 Å². The molecule has 1 aliphatic carbocycles. The van der Waals surface area contributed by atoms with Gasteiger partial charge in [0.05, 0.1) is 36.1 Å². The minimum Gasteiger partial charge on any atom is -0.384 e. The largest absolute Gasteiger partial charge is 0.384 e. The predicted octanol–water partition coefficient (Wildman–Crippen LogP) is 8.79. The summed E-state index contributed by atoms with van der Waals surface area (Å²) in [5.41, 5.74) is 2.23. The zero-order chi connectivity index (χ0) is 32.8. The number of unbranched alkanes of at least 4 members (excludes halogenated alkanes) is 3. The number of quaternary nitrogens is 1. The van der Waals surface area contributed by atoms with Gasteiger partial charge in [0.1, 0.15) is 18.7 Å². The van der Waals surface area contributed by atoms with Crippen LogP contribution in [0.2, 0.25) is 0 Å². The molecule has 0 aromatic carbocycles. The van der Waals surface area contributed by atoms with Gasteiger partial charge in [0.15, 0.2) is 0 Å². The van der Waals surface area contributed by atoms with E-state index in [1.165, 1.54) is 63.6 Å². The van der Waals surface area contributed by atoms with Crippen molar-refractivity contribution in [2.45, 2.75) is 131 Å². The summed E-state index contributed by atoms with van der Waals surface area (Å²) >= 11 is 6.73. The van der Waals surface area contributed by atoms with Gasteiger partial charge in [0.2, 0.25) is 0 Å². The molecule has 7 heteroatoms. The highest BCUT2D eigenvalue weighted by Crippen LogP contribution is 2.27. The lowest BCUT2D eigenvalue weighted by molar-refractivity contribution is -0.931. The van der Waals surface area contributed by atoms with Crippen LogP contribution in [-0.4, -0.2) is 74.4 Å². The van der Waals surface area contributed by atoms with Crippen LogP contribution in [0.5, 0.6) is 0 Å². The summed E-state index contributed by atoms with van der Waals surface area (Å²) in [5, 5.41) is 7.75. The fourth-order valence-electron chi connectivity index (χ4n) is 5.57. The van der Waals surface area contributed by atoms with E-state index in [0.29, 0.717) is 5.03 Å². The number of nitrogens with one attached hydrogen (secondary N) is 2. The van der Waals surface area contributed by atoms with Crippen LogP contribution >= 0.6 is 11.6 Å². The molecule has 1 aliphatic heterocycles. The zero-order valence-electron chi connectivity index (χ0n) is 29.9. The Bertz CT molecular complexity index is 910. The highest BCUT2D eigenvalue weighted by Gasteiger charge is 2.34. The molecule has 0 aromatic rings. The van der Waals surface area contributed by atoms with E-state index in [9.17, 15) is 4.79 Å². The van der Waals surface area contributed by atoms with Crippen LogP contribution in [-0.2, 0) is 4.79 Å². The van der Waals surface area contributed by atoms with Gasteiger partial charge in [-0.1, -0.05) is 96.9 Å². The molecule has 2 aliphatic rings. The van der Waals surface area contributed by atoms with E-state index in [2.05, 4.69) is 74.5 Å². The highest BCUT2D eigenvalue weighted by atomic mass is 35.5. The van der Waals surface area contributed by atoms with E-state index in [1.54, 1.807) is 6.20 Å². The predicted molar refractivity (Wildman–Crippen MR) is 193 cm³/mol. The Morgan fingerprint density at radius 1 is 1.11 bits per heavy atom. The van der Waals surface area contributed by atoms with Gasteiger partial charge in [-0.05, 0) is 71.5 Å². The fraction of sp³-hybridized carbons (Fsp3) is 0.784. The van der Waals surface area contributed by atoms with Crippen LogP contribution in [0, 0.1) is 11.8 Å². The number of rotatable bonds is 21. The average Bonchev–Trinajstić information content (AvgIpc) is 3.80. The lowest BCUT2D eigenvalue weighted by Gasteiger charge is -2.44. The topological polar surface area (TPSA) is 56.7 Å². The molecule has 254 valence electrons. The molecule has 44 heavy (non-hydrogen) atoms. The normalized spacial score (nSPS) is 20.9. The van der Waals surface area contributed by atoms with Crippen molar-refractivity contribution < 1.29 is 9.28 Å². The maximum atomic E-state index is 10.8. The summed E-state index contributed by atoms with van der Waals surface area (Å²) in [6, 6.07) is 0.727. The molecule has 0 radical (unpaired) electrons. The van der Waals surface area contributed by atoms with Crippen molar-refractivity contribution >= 4 is 23.7 Å². The minimum atomic E-state index is 0.123. The van der Waals surface area contributed by atoms with E-state index in [1.807, 2.05) is 13.8 Å². The third-order valence-electron chi connectivity index (χ3n) is 8.91. The van der Waals surface area contributed by atoms with Gasteiger partial charge < -0.3 is 24.8 Å². The first-order chi connectivity index (χ1) is 21.1. The Morgan fingerprint density at radius 3 is 2.45 bits per heavy atom. The lowest BCUT2D eigenvalue weighted by atomic mass is 9.97. The van der Waals surface area contributed by atoms with E-state index >= 15 is 0 Å². The van der Waals surface area contributed by atoms with Crippen LogP contribution in [0.3, 0.4) is 0 Å². The molecular formula is C37H69ClN5O+. The van der Waals surface area contributed by atoms with Gasteiger partial charge in [-0.3, -0.25) is 0 Å². The van der Waals surface area contributed by atoms with Crippen molar-refractivity contribution in [2.24, 2.45) is 16.8 Å². The second-order valence-corrected chi connectivity index (χ2v) is 14.1. The maximum absolute atomic E-state index is 10.8. The van der Waals surface area contributed by atoms with Crippen LogP contribution < -0.4 is 10.6 Å². The number of carbonyl (C=O) groups excluding carboxylic acids is 1. The van der Waals surface area contributed by atoms with Crippen molar-refractivity contribution in [2.75, 3.05) is 46.8 Å². The van der Waals surface area contributed by atoms with Crippen molar-refractivity contribution in [3.63, 3.8) is 0 Å². The quantitative estimate of drug-likeness (QED) is 0.0331. The molecule has 2 N–H and O–H groups in total. The number of aldehydes is 1. The maximum Gasteiger partial charge on any atom is 0.122 e. The first-order valence-corrected chi connectivity index (χ1v) is 18.2. The summed E-state index contributed by atoms with van der Waals surface area (Å²) in [4.78, 5) is 17.8. The molecule has 1 fully saturated rings. The summed E-state index contributed by atoms with van der Waals surface area (Å²) in [6.07, 6.45) is 23.2. The second-order valence-electron chi connectivity index (χ2n) is 13.7. The first kappa shape index (κ1) is 40.4. The number of carbonyl (C=O) groups is 1. The number of aliphatic imine (C=N–C) groups is 1. The molecule has 0 bridgehead atoms. The molecule has 0 spiro atoms. The van der Waals surface area contributed by atoms with E-state index in [-0.39, 0.29) is 5.92 Å². The number of allylic oxidation sites excluding steroid dienone is 2. The third kappa shape index (κ3) is 18.4. The van der Waals surface area contributed by atoms with Gasteiger partial charge in [0.25, 0.3) is 0 Å². The van der Waals surface area contributed by atoms with Crippen molar-refractivity contribution in [3.8, 4) is 0 Å². The first-order valence-electron chi connectivity index (χ1n) is 17.9. The van der Waals surface area contributed by atoms with Crippen molar-refractivity contribution in [1.29, 1.82) is 0 Å². The molecule has 1 heterocycles. The summed E-state index contributed by atoms with van der Waals surface area (Å²) in [6.45, 7) is 18.1. The van der Waals surface area contributed by atoms with Crippen molar-refractivity contribution in [3.05, 3.63) is 34.8 Å². The van der Waals surface area contributed by atoms with Gasteiger partial charge >= 0.3 is 0 Å². The summed E-state index contributed by atoms with van der Waals surface area (Å²) < 4.78 is 1.12. The fourth-order valence-corrected chi connectivity index (χ4v) is 5.77. The number of hydrogen-bond donors (Lipinski definition) is 2. The van der Waals surface area contributed by atoms with E-state index in [0.717, 1.165) is 92.5 Å². The minimum absolute atomic E-state index is 0.123. The smallest absolute Gasteiger partial charge is 0.122 e. The Kier molecular flexibility index (Phi) is 21.7. The Labute approximate surface area is 277 Å². The SMILES string of the molecule is CC1CC1.CCC/C=C(NCCCN(C)CCC(C)C=O)/C(Cl)=C\N=C(C)NC1=CCC[N+](C)(C(CCC)CCCCC)C1. The zero-order valence-corrected chi connectivity index (χ0v) is 30.7. The number of halogens is 1. The van der Waals surface area contributed by atoms with Gasteiger partial charge in [0, 0.05) is 25.1 Å². The Balaban J connectivity index is 0.00000222. The van der Waals surface area contributed by atoms with Crippen LogP contribution in [0.4, 0.5) is 0 Å². The van der Waals surface area contributed by atoms with Crippen LogP contribution in [0.1, 0.15) is 125 Å².